The van der Waals surface area contributed by atoms with Crippen LogP contribution in [0.1, 0.15) is 37.9 Å². The number of nitrogens with zero attached hydrogens (tertiary/aromatic N) is 1. The normalized spacial score (nSPS) is 13.6. The third kappa shape index (κ3) is 4.28. The van der Waals surface area contributed by atoms with Crippen LogP contribution in [-0.4, -0.2) is 51.1 Å². The van der Waals surface area contributed by atoms with Crippen molar-refractivity contribution in [1.29, 1.82) is 0 Å². The van der Waals surface area contributed by atoms with Gasteiger partial charge in [-0.2, -0.15) is 0 Å². The highest BCUT2D eigenvalue weighted by molar-refractivity contribution is 5.96. The van der Waals surface area contributed by atoms with Crippen LogP contribution in [0.25, 0.3) is 0 Å². The van der Waals surface area contributed by atoms with Crippen LogP contribution in [0.15, 0.2) is 42.5 Å². The van der Waals surface area contributed by atoms with E-state index in [2.05, 4.69) is 21.0 Å². The fourth-order valence-corrected chi connectivity index (χ4v) is 3.18. The first kappa shape index (κ1) is 18.9. The predicted octanol–water partition coefficient (Wildman–Crippen LogP) is 2.44. The molecule has 1 heterocycles. The summed E-state index contributed by atoms with van der Waals surface area (Å²) in [5, 5.41) is 2.98. The van der Waals surface area contributed by atoms with Crippen molar-refractivity contribution in [1.82, 2.24) is 10.2 Å². The summed E-state index contributed by atoms with van der Waals surface area (Å²) in [6.07, 6.45) is 0.919. The molecule has 1 N–H and O–H groups in total. The lowest BCUT2D eigenvalue weighted by Crippen LogP contribution is -2.34. The number of ether oxygens (including phenoxy) is 2. The van der Waals surface area contributed by atoms with Crippen molar-refractivity contribution < 1.29 is 19.1 Å². The largest absolute Gasteiger partial charge is 0.493 e. The van der Waals surface area contributed by atoms with Crippen LogP contribution < -0.4 is 10.1 Å². The molecule has 0 saturated heterocycles. The predicted molar refractivity (Wildman–Crippen MR) is 102 cm³/mol. The summed E-state index contributed by atoms with van der Waals surface area (Å²) in [5.41, 5.74) is 3.28. The van der Waals surface area contributed by atoms with E-state index in [0.29, 0.717) is 17.7 Å². The van der Waals surface area contributed by atoms with E-state index >= 15 is 0 Å². The second-order valence-electron chi connectivity index (χ2n) is 6.72. The number of rotatable bonds is 6. The Balaban J connectivity index is 1.67. The highest BCUT2D eigenvalue weighted by Crippen LogP contribution is 2.29. The molecule has 3 rings (SSSR count). The van der Waals surface area contributed by atoms with Gasteiger partial charge in [0.1, 0.15) is 5.75 Å². The lowest BCUT2D eigenvalue weighted by Gasteiger charge is -2.25. The zero-order valence-corrected chi connectivity index (χ0v) is 15.8. The van der Waals surface area contributed by atoms with Crippen LogP contribution in [0, 0.1) is 0 Å². The molecular formula is C21H24N2O4. The number of amides is 1. The SMILES string of the molecule is COC(=O)c1ccc(C(=O)NCC(c2ccc3c(c2)CCO3)N(C)C)cc1. The fourth-order valence-electron chi connectivity index (χ4n) is 3.18. The summed E-state index contributed by atoms with van der Waals surface area (Å²) in [6.45, 7) is 1.20. The van der Waals surface area contributed by atoms with Crippen molar-refractivity contribution in [3.05, 3.63) is 64.7 Å². The summed E-state index contributed by atoms with van der Waals surface area (Å²) in [6, 6.07) is 12.7. The van der Waals surface area contributed by atoms with Crippen molar-refractivity contribution in [3.63, 3.8) is 0 Å². The number of benzene rings is 2. The van der Waals surface area contributed by atoms with Gasteiger partial charge in [-0.25, -0.2) is 4.79 Å². The van der Waals surface area contributed by atoms with E-state index in [9.17, 15) is 9.59 Å². The summed E-state index contributed by atoms with van der Waals surface area (Å²) in [4.78, 5) is 26.0. The molecule has 0 bridgehead atoms. The third-order valence-electron chi connectivity index (χ3n) is 4.75. The number of hydrogen-bond donors (Lipinski definition) is 1. The number of carbonyl (C=O) groups is 2. The lowest BCUT2D eigenvalue weighted by molar-refractivity contribution is 0.0600. The minimum Gasteiger partial charge on any atom is -0.493 e. The highest BCUT2D eigenvalue weighted by atomic mass is 16.5. The molecule has 1 aliphatic heterocycles. The molecular weight excluding hydrogens is 344 g/mol. The number of carbonyl (C=O) groups excluding carboxylic acids is 2. The average Bonchev–Trinajstić information content (AvgIpc) is 3.15. The molecule has 0 spiro atoms. The van der Waals surface area contributed by atoms with Crippen LogP contribution in [0.2, 0.25) is 0 Å². The van der Waals surface area contributed by atoms with Gasteiger partial charge in [-0.15, -0.1) is 0 Å². The number of likely N-dealkylation sites (N-methyl/N-ethyl adjacent to an activating group) is 1. The quantitative estimate of drug-likeness (QED) is 0.794. The maximum atomic E-state index is 12.5. The highest BCUT2D eigenvalue weighted by Gasteiger charge is 2.19. The number of nitrogens with one attached hydrogen (secondary N) is 1. The van der Waals surface area contributed by atoms with Crippen molar-refractivity contribution in [2.75, 3.05) is 34.4 Å². The summed E-state index contributed by atoms with van der Waals surface area (Å²) >= 11 is 0. The molecule has 1 atom stereocenters. The number of methoxy groups -OCH3 is 1. The van der Waals surface area contributed by atoms with Crippen molar-refractivity contribution in [2.45, 2.75) is 12.5 Å². The molecule has 0 aromatic heterocycles. The molecule has 1 amide bonds. The molecule has 0 radical (unpaired) electrons. The molecule has 2 aromatic carbocycles. The second-order valence-corrected chi connectivity index (χ2v) is 6.72. The molecule has 2 aromatic rings. The standard InChI is InChI=1S/C21H24N2O4/c1-23(2)18(16-8-9-19-17(12-16)10-11-27-19)13-22-20(24)14-4-6-15(7-5-14)21(25)26-3/h4-9,12,18H,10-11,13H2,1-3H3,(H,22,24). The number of fused-ring (bicyclic) bond motifs is 1. The monoisotopic (exact) mass is 368 g/mol. The molecule has 0 fully saturated rings. The lowest BCUT2D eigenvalue weighted by atomic mass is 10.0. The molecule has 1 unspecified atom stereocenters. The van der Waals surface area contributed by atoms with Gasteiger partial charge in [-0.3, -0.25) is 4.79 Å². The van der Waals surface area contributed by atoms with Gasteiger partial charge in [0.25, 0.3) is 5.91 Å². The third-order valence-corrected chi connectivity index (χ3v) is 4.75. The van der Waals surface area contributed by atoms with Gasteiger partial charge < -0.3 is 19.7 Å². The molecule has 6 nitrogen and oxygen atoms in total. The van der Waals surface area contributed by atoms with Gasteiger partial charge in [0.15, 0.2) is 0 Å². The molecule has 0 aliphatic carbocycles. The first-order valence-electron chi connectivity index (χ1n) is 8.88. The van der Waals surface area contributed by atoms with Gasteiger partial charge in [0, 0.05) is 18.5 Å². The van der Waals surface area contributed by atoms with Gasteiger partial charge in [0.05, 0.1) is 25.3 Å². The molecule has 6 heteroatoms. The molecule has 1 aliphatic rings. The minimum atomic E-state index is -0.421. The van der Waals surface area contributed by atoms with Crippen LogP contribution in [0.4, 0.5) is 0 Å². The van der Waals surface area contributed by atoms with E-state index in [-0.39, 0.29) is 11.9 Å². The Morgan fingerprint density at radius 3 is 2.52 bits per heavy atom. The molecule has 0 saturated carbocycles. The zero-order valence-electron chi connectivity index (χ0n) is 15.8. The van der Waals surface area contributed by atoms with E-state index in [1.807, 2.05) is 26.2 Å². The summed E-state index contributed by atoms with van der Waals surface area (Å²) < 4.78 is 10.2. The summed E-state index contributed by atoms with van der Waals surface area (Å²) in [5.74, 6) is 0.351. The van der Waals surface area contributed by atoms with Crippen LogP contribution >= 0.6 is 0 Å². The van der Waals surface area contributed by atoms with Crippen molar-refractivity contribution >= 4 is 11.9 Å². The Kier molecular flexibility index (Phi) is 5.76. The number of esters is 1. The van der Waals surface area contributed by atoms with Gasteiger partial charge in [-0.05, 0) is 55.6 Å². The average molecular weight is 368 g/mol. The van der Waals surface area contributed by atoms with E-state index in [4.69, 9.17) is 4.74 Å². The van der Waals surface area contributed by atoms with Crippen molar-refractivity contribution in [3.8, 4) is 5.75 Å². The smallest absolute Gasteiger partial charge is 0.337 e. The first-order chi connectivity index (χ1) is 13.0. The van der Waals surface area contributed by atoms with Crippen LogP contribution in [0.5, 0.6) is 5.75 Å². The Hall–Kier alpha value is -2.86. The molecule has 142 valence electrons. The Labute approximate surface area is 159 Å². The maximum absolute atomic E-state index is 12.5. The fraction of sp³-hybridized carbons (Fsp3) is 0.333. The van der Waals surface area contributed by atoms with E-state index in [1.165, 1.54) is 12.7 Å². The van der Waals surface area contributed by atoms with Crippen LogP contribution in [0.3, 0.4) is 0 Å². The summed E-state index contributed by atoms with van der Waals surface area (Å²) in [7, 11) is 5.31. The minimum absolute atomic E-state index is 0.0502. The Bertz CT molecular complexity index is 831. The Morgan fingerprint density at radius 1 is 1.15 bits per heavy atom. The van der Waals surface area contributed by atoms with Crippen molar-refractivity contribution in [2.24, 2.45) is 0 Å². The van der Waals surface area contributed by atoms with E-state index in [1.54, 1.807) is 24.3 Å². The van der Waals surface area contributed by atoms with Gasteiger partial charge in [-0.1, -0.05) is 12.1 Å². The van der Waals surface area contributed by atoms with Gasteiger partial charge in [0.2, 0.25) is 0 Å². The second kappa shape index (κ2) is 8.22. The number of hydrogen-bond acceptors (Lipinski definition) is 5. The zero-order chi connectivity index (χ0) is 19.4. The Morgan fingerprint density at radius 2 is 1.85 bits per heavy atom. The topological polar surface area (TPSA) is 67.9 Å². The van der Waals surface area contributed by atoms with Gasteiger partial charge >= 0.3 is 5.97 Å². The maximum Gasteiger partial charge on any atom is 0.337 e. The first-order valence-corrected chi connectivity index (χ1v) is 8.88. The van der Waals surface area contributed by atoms with E-state index < -0.39 is 5.97 Å². The van der Waals surface area contributed by atoms with Crippen LogP contribution in [-0.2, 0) is 11.2 Å². The molecule has 27 heavy (non-hydrogen) atoms. The van der Waals surface area contributed by atoms with E-state index in [0.717, 1.165) is 24.3 Å².